The van der Waals surface area contributed by atoms with Crippen LogP contribution in [0.5, 0.6) is 0 Å². The third-order valence-electron chi connectivity index (χ3n) is 5.75. The summed E-state index contributed by atoms with van der Waals surface area (Å²) < 4.78 is 28.6. The molecule has 0 amide bonds. The molecule has 0 N–H and O–H groups in total. The monoisotopic (exact) mass is 502 g/mol. The second-order valence-electron chi connectivity index (χ2n) is 8.15. The average molecular weight is 503 g/mol. The van der Waals surface area contributed by atoms with Crippen LogP contribution in [0.3, 0.4) is 0 Å². The first-order valence-corrected chi connectivity index (χ1v) is 11.6. The molecule has 1 heterocycles. The minimum Gasteiger partial charge on any atom is -0.452 e. The maximum absolute atomic E-state index is 13.0. The molecule has 0 radical (unpaired) electrons. The van der Waals surface area contributed by atoms with Crippen LogP contribution in [0, 0.1) is 0 Å². The van der Waals surface area contributed by atoms with Gasteiger partial charge in [-0.15, -0.1) is 0 Å². The van der Waals surface area contributed by atoms with Crippen molar-refractivity contribution in [2.75, 3.05) is 7.11 Å². The van der Waals surface area contributed by atoms with E-state index in [0.29, 0.717) is 11.1 Å². The summed E-state index contributed by atoms with van der Waals surface area (Å²) in [4.78, 5) is 38.7. The molecule has 8 nitrogen and oxygen atoms in total. The molecule has 0 saturated carbocycles. The topological polar surface area (TPSA) is 97.4 Å². The number of esters is 3. The average Bonchev–Trinajstić information content (AvgIpc) is 3.29. The van der Waals surface area contributed by atoms with E-state index in [1.54, 1.807) is 91.0 Å². The van der Waals surface area contributed by atoms with E-state index < -0.39 is 48.6 Å². The van der Waals surface area contributed by atoms with Crippen molar-refractivity contribution < 1.29 is 38.1 Å². The normalized spacial score (nSPS) is 21.4. The second-order valence-corrected chi connectivity index (χ2v) is 8.15. The highest BCUT2D eigenvalue weighted by molar-refractivity contribution is 5.91. The Hall–Kier alpha value is -4.27. The Morgan fingerprint density at radius 1 is 0.730 bits per heavy atom. The molecule has 3 aromatic rings. The summed E-state index contributed by atoms with van der Waals surface area (Å²) in [5, 5.41) is 0. The third kappa shape index (κ3) is 6.11. The molecular formula is C29H26O8. The molecule has 5 atom stereocenters. The van der Waals surface area contributed by atoms with E-state index in [1.165, 1.54) is 13.2 Å². The molecule has 0 unspecified atom stereocenters. The van der Waals surface area contributed by atoms with Crippen molar-refractivity contribution in [1.29, 1.82) is 0 Å². The Bertz CT molecular complexity index is 1210. The van der Waals surface area contributed by atoms with E-state index in [1.807, 2.05) is 0 Å². The Labute approximate surface area is 214 Å². The van der Waals surface area contributed by atoms with Crippen molar-refractivity contribution in [2.45, 2.75) is 30.7 Å². The van der Waals surface area contributed by atoms with Gasteiger partial charge in [0.25, 0.3) is 0 Å². The molecule has 1 saturated heterocycles. The van der Waals surface area contributed by atoms with Gasteiger partial charge in [-0.25, -0.2) is 14.4 Å². The van der Waals surface area contributed by atoms with Gasteiger partial charge in [0.05, 0.1) is 16.7 Å². The van der Waals surface area contributed by atoms with Crippen molar-refractivity contribution in [3.63, 3.8) is 0 Å². The molecule has 4 rings (SSSR count). The molecule has 0 aliphatic carbocycles. The summed E-state index contributed by atoms with van der Waals surface area (Å²) in [6.45, 7) is 3.76. The van der Waals surface area contributed by atoms with E-state index >= 15 is 0 Å². The SMILES string of the molecule is C=C[C@@H](OC(=O)c1ccccc1)[C@H]1O[C@@H](OC)[C@H](OC(=O)c2ccccc2)[C@@H]1OC(=O)c1ccccc1. The standard InChI is InChI=1S/C29H26O8/c1-3-22(34-26(30)19-13-7-4-8-14-19)23-24(35-27(31)20-15-9-5-10-16-20)25(29(33-2)37-23)36-28(32)21-17-11-6-12-18-21/h3-18,22-25,29H,1H2,2H3/t22-,23-,24-,25-,29-/m1/s1. The molecule has 0 bridgehead atoms. The Morgan fingerprint density at radius 2 is 1.16 bits per heavy atom. The zero-order chi connectivity index (χ0) is 26.2. The quantitative estimate of drug-likeness (QED) is 0.244. The maximum Gasteiger partial charge on any atom is 0.338 e. The van der Waals surface area contributed by atoms with Crippen molar-refractivity contribution >= 4 is 17.9 Å². The number of methoxy groups -OCH3 is 1. The number of hydrogen-bond donors (Lipinski definition) is 0. The fourth-order valence-electron chi connectivity index (χ4n) is 3.91. The molecule has 1 fully saturated rings. The largest absolute Gasteiger partial charge is 0.452 e. The number of carbonyl (C=O) groups excluding carboxylic acids is 3. The summed E-state index contributed by atoms with van der Waals surface area (Å²) in [5.41, 5.74) is 0.900. The first kappa shape index (κ1) is 25.8. The van der Waals surface area contributed by atoms with E-state index in [9.17, 15) is 14.4 Å². The number of rotatable bonds is 9. The summed E-state index contributed by atoms with van der Waals surface area (Å²) in [6, 6.07) is 25.1. The van der Waals surface area contributed by atoms with E-state index in [2.05, 4.69) is 6.58 Å². The van der Waals surface area contributed by atoms with Gasteiger partial charge in [-0.05, 0) is 42.5 Å². The third-order valence-corrected chi connectivity index (χ3v) is 5.75. The zero-order valence-electron chi connectivity index (χ0n) is 20.1. The van der Waals surface area contributed by atoms with Crippen LogP contribution in [-0.2, 0) is 23.7 Å². The van der Waals surface area contributed by atoms with Gasteiger partial charge < -0.3 is 23.7 Å². The van der Waals surface area contributed by atoms with Crippen molar-refractivity contribution in [3.05, 3.63) is 120 Å². The first-order valence-electron chi connectivity index (χ1n) is 11.6. The zero-order valence-corrected chi connectivity index (χ0v) is 20.1. The van der Waals surface area contributed by atoms with Crippen LogP contribution in [0.1, 0.15) is 31.1 Å². The van der Waals surface area contributed by atoms with Crippen LogP contribution >= 0.6 is 0 Å². The molecule has 0 spiro atoms. The lowest BCUT2D eigenvalue weighted by atomic mass is 10.0. The smallest absolute Gasteiger partial charge is 0.338 e. The minimum atomic E-state index is -1.18. The lowest BCUT2D eigenvalue weighted by Gasteiger charge is -2.27. The molecule has 1 aliphatic heterocycles. The highest BCUT2D eigenvalue weighted by atomic mass is 16.7. The summed E-state index contributed by atoms with van der Waals surface area (Å²) in [7, 11) is 1.37. The van der Waals surface area contributed by atoms with Crippen molar-refractivity contribution in [3.8, 4) is 0 Å². The Morgan fingerprint density at radius 3 is 1.59 bits per heavy atom. The number of ether oxygens (including phenoxy) is 5. The number of benzene rings is 3. The molecule has 3 aromatic carbocycles. The van der Waals surface area contributed by atoms with Gasteiger partial charge in [-0.3, -0.25) is 0 Å². The van der Waals surface area contributed by atoms with Crippen LogP contribution in [0.2, 0.25) is 0 Å². The molecular weight excluding hydrogens is 476 g/mol. The highest BCUT2D eigenvalue weighted by Gasteiger charge is 2.53. The van der Waals surface area contributed by atoms with Crippen molar-refractivity contribution in [1.82, 2.24) is 0 Å². The number of carbonyl (C=O) groups is 3. The maximum atomic E-state index is 13.0. The minimum absolute atomic E-state index is 0.284. The Kier molecular flexibility index (Phi) is 8.45. The van der Waals surface area contributed by atoms with Crippen molar-refractivity contribution in [2.24, 2.45) is 0 Å². The van der Waals surface area contributed by atoms with Crippen LogP contribution in [-0.4, -0.2) is 55.7 Å². The van der Waals surface area contributed by atoms with Crippen LogP contribution in [0.15, 0.2) is 104 Å². The molecule has 0 aromatic heterocycles. The van der Waals surface area contributed by atoms with Gasteiger partial charge in [0.15, 0.2) is 24.6 Å². The highest BCUT2D eigenvalue weighted by Crippen LogP contribution is 2.32. The summed E-state index contributed by atoms with van der Waals surface area (Å²) in [5.74, 6) is -1.95. The van der Waals surface area contributed by atoms with Gasteiger partial charge in [0, 0.05) is 7.11 Å². The summed E-state index contributed by atoms with van der Waals surface area (Å²) >= 11 is 0. The predicted molar refractivity (Wildman–Crippen MR) is 133 cm³/mol. The Balaban J connectivity index is 1.62. The van der Waals surface area contributed by atoms with Gasteiger partial charge in [0.2, 0.25) is 0 Å². The van der Waals surface area contributed by atoms with Crippen LogP contribution < -0.4 is 0 Å². The molecule has 1 aliphatic rings. The van der Waals surface area contributed by atoms with Crippen LogP contribution in [0.4, 0.5) is 0 Å². The van der Waals surface area contributed by atoms with E-state index in [4.69, 9.17) is 23.7 Å². The van der Waals surface area contributed by atoms with Gasteiger partial charge >= 0.3 is 17.9 Å². The molecule has 190 valence electrons. The van der Waals surface area contributed by atoms with Gasteiger partial charge in [-0.1, -0.05) is 61.2 Å². The second kappa shape index (κ2) is 12.1. The van der Waals surface area contributed by atoms with E-state index in [-0.39, 0.29) is 5.56 Å². The lowest BCUT2D eigenvalue weighted by Crippen LogP contribution is -2.45. The predicted octanol–water partition coefficient (Wildman–Crippen LogP) is 4.22. The lowest BCUT2D eigenvalue weighted by molar-refractivity contribution is -0.160. The number of hydrogen-bond acceptors (Lipinski definition) is 8. The van der Waals surface area contributed by atoms with Gasteiger partial charge in [-0.2, -0.15) is 0 Å². The molecule has 8 heteroatoms. The fraction of sp³-hybridized carbons (Fsp3) is 0.207. The van der Waals surface area contributed by atoms with E-state index in [0.717, 1.165) is 0 Å². The fourth-order valence-corrected chi connectivity index (χ4v) is 3.91. The summed E-state index contributed by atoms with van der Waals surface area (Å²) in [6.07, 6.45) is -4.21. The van der Waals surface area contributed by atoms with Gasteiger partial charge in [0.1, 0.15) is 6.10 Å². The van der Waals surface area contributed by atoms with Crippen LogP contribution in [0.25, 0.3) is 0 Å². The molecule has 37 heavy (non-hydrogen) atoms. The first-order chi connectivity index (χ1) is 18.0.